The molecule has 8 aromatic rings. The zero-order valence-corrected chi connectivity index (χ0v) is 43.5. The van der Waals surface area contributed by atoms with E-state index in [0.29, 0.717) is 56.7 Å². The second-order valence-corrected chi connectivity index (χ2v) is 16.7. The summed E-state index contributed by atoms with van der Waals surface area (Å²) >= 11 is 0. The molecule has 8 rings (SSSR count). The molecule has 0 saturated carbocycles. The number of aliphatic hydroxyl groups is 1. The SMILES string of the molecule is COc1cc(C(=O)N(c2ccccc2)c2ccc(C(=O)Oc3ccc(C#Cc4ccc(OC(=O)c5ccc(N(C(=O)c6cc(OC)c(OC)cc6OC)c6ccccc6)c(OC)c5)cc4)cc3)cc2OC)c(OC)cc1CO. The number of amides is 2. The van der Waals surface area contributed by atoms with E-state index in [1.54, 1.807) is 133 Å². The van der Waals surface area contributed by atoms with Gasteiger partial charge in [0.1, 0.15) is 40.2 Å². The number of methoxy groups -OCH3 is 7. The van der Waals surface area contributed by atoms with E-state index in [-0.39, 0.29) is 63.4 Å². The Morgan fingerprint density at radius 3 is 1.15 bits per heavy atom. The first-order valence-corrected chi connectivity index (χ1v) is 23.9. The third-order valence-electron chi connectivity index (χ3n) is 12.2. The number of rotatable bonds is 18. The summed E-state index contributed by atoms with van der Waals surface area (Å²) in [6.07, 6.45) is 0. The monoisotopic (exact) mass is 1050 g/mol. The molecule has 16 nitrogen and oxygen atoms in total. The van der Waals surface area contributed by atoms with Gasteiger partial charge in [0, 0.05) is 40.2 Å². The smallest absolute Gasteiger partial charge is 0.343 e. The summed E-state index contributed by atoms with van der Waals surface area (Å²) in [7, 11) is 10.1. The average Bonchev–Trinajstić information content (AvgIpc) is 3.54. The highest BCUT2D eigenvalue weighted by molar-refractivity contribution is 6.15. The van der Waals surface area contributed by atoms with Crippen LogP contribution in [0.4, 0.5) is 22.7 Å². The fourth-order valence-electron chi connectivity index (χ4n) is 8.24. The summed E-state index contributed by atoms with van der Waals surface area (Å²) in [5.74, 6) is 6.33. The van der Waals surface area contributed by atoms with E-state index < -0.39 is 23.8 Å². The molecule has 8 aromatic carbocycles. The highest BCUT2D eigenvalue weighted by Gasteiger charge is 2.30. The molecule has 0 unspecified atom stereocenters. The van der Waals surface area contributed by atoms with Crippen LogP contribution >= 0.6 is 0 Å². The number of esters is 2. The van der Waals surface area contributed by atoms with Crippen molar-refractivity contribution in [3.8, 4) is 63.6 Å². The van der Waals surface area contributed by atoms with Gasteiger partial charge in [0.15, 0.2) is 11.5 Å². The standard InChI is InChI=1S/C62H52N2O14/c1-70-52-35-48(53(71-2)34-43(52)38-65)59(66)63(44-14-10-8-11-15-44)50-30-24-41(32-55(50)73-4)61(68)77-46-26-20-39(21-27-46)18-19-40-22-28-47(29-23-40)78-62(69)42-25-31-51(56(33-42)74-5)64(45-16-12-9-13-17-45)60(67)49-36-57(75-6)58(76-7)37-54(49)72-3/h8-17,20-37,65H,38H2,1-7H3. The number of anilines is 4. The molecule has 0 spiro atoms. The van der Waals surface area contributed by atoms with Crippen LogP contribution in [0.25, 0.3) is 0 Å². The number of aliphatic hydroxyl groups excluding tert-OH is 1. The molecule has 0 bridgehead atoms. The highest BCUT2D eigenvalue weighted by atomic mass is 16.5. The van der Waals surface area contributed by atoms with Gasteiger partial charge in [0.05, 0.1) is 90.0 Å². The Hall–Kier alpha value is -10.2. The lowest BCUT2D eigenvalue weighted by atomic mass is 10.1. The number of carbonyl (C=O) groups excluding carboxylic acids is 4. The van der Waals surface area contributed by atoms with Gasteiger partial charge in [-0.05, 0) is 121 Å². The van der Waals surface area contributed by atoms with Gasteiger partial charge >= 0.3 is 11.9 Å². The second-order valence-electron chi connectivity index (χ2n) is 16.7. The quantitative estimate of drug-likeness (QED) is 0.0487. The lowest BCUT2D eigenvalue weighted by Gasteiger charge is -2.26. The maximum Gasteiger partial charge on any atom is 0.343 e. The van der Waals surface area contributed by atoms with E-state index in [2.05, 4.69) is 11.8 Å². The summed E-state index contributed by atoms with van der Waals surface area (Å²) in [5, 5.41) is 9.89. The lowest BCUT2D eigenvalue weighted by Crippen LogP contribution is -2.27. The summed E-state index contributed by atoms with van der Waals surface area (Å²) in [6.45, 7) is -0.330. The maximum absolute atomic E-state index is 14.5. The molecule has 0 heterocycles. The predicted octanol–water partition coefficient (Wildman–Crippen LogP) is 11.0. The van der Waals surface area contributed by atoms with Crippen molar-refractivity contribution in [2.45, 2.75) is 6.61 Å². The van der Waals surface area contributed by atoms with Gasteiger partial charge < -0.3 is 47.7 Å². The van der Waals surface area contributed by atoms with E-state index in [1.165, 1.54) is 83.8 Å². The van der Waals surface area contributed by atoms with Gasteiger partial charge in [0.25, 0.3) is 11.8 Å². The van der Waals surface area contributed by atoms with Crippen LogP contribution in [-0.4, -0.2) is 78.6 Å². The third kappa shape index (κ3) is 11.8. The minimum atomic E-state index is -0.672. The van der Waals surface area contributed by atoms with E-state index in [1.807, 2.05) is 12.1 Å². The molecule has 0 aromatic heterocycles. The van der Waals surface area contributed by atoms with Crippen LogP contribution in [-0.2, 0) is 6.61 Å². The fourth-order valence-corrected chi connectivity index (χ4v) is 8.24. The highest BCUT2D eigenvalue weighted by Crippen LogP contribution is 2.42. The number of para-hydroxylation sites is 2. The molecule has 78 heavy (non-hydrogen) atoms. The Morgan fingerprint density at radius 2 is 0.769 bits per heavy atom. The summed E-state index contributed by atoms with van der Waals surface area (Å²) in [6, 6.07) is 46.6. The molecule has 394 valence electrons. The van der Waals surface area contributed by atoms with Crippen molar-refractivity contribution in [1.82, 2.24) is 0 Å². The molecule has 0 fully saturated rings. The van der Waals surface area contributed by atoms with Crippen molar-refractivity contribution >= 4 is 46.5 Å². The second kappa shape index (κ2) is 24.9. The van der Waals surface area contributed by atoms with E-state index >= 15 is 0 Å². The number of ether oxygens (including phenoxy) is 9. The first-order valence-electron chi connectivity index (χ1n) is 23.9. The molecule has 16 heteroatoms. The number of nitrogens with zero attached hydrogens (tertiary/aromatic N) is 2. The zero-order chi connectivity index (χ0) is 55.3. The third-order valence-corrected chi connectivity index (χ3v) is 12.2. The van der Waals surface area contributed by atoms with Crippen molar-refractivity contribution in [3.05, 3.63) is 209 Å². The summed E-state index contributed by atoms with van der Waals surface area (Å²) in [5.41, 5.74) is 4.09. The number of carbonyl (C=O) groups is 4. The van der Waals surface area contributed by atoms with E-state index in [4.69, 9.17) is 42.6 Å². The lowest BCUT2D eigenvalue weighted by molar-refractivity contribution is 0.0725. The fraction of sp³-hybridized carbons (Fsp3) is 0.129. The first kappa shape index (κ1) is 54.0. The topological polar surface area (TPSA) is 178 Å². The predicted molar refractivity (Wildman–Crippen MR) is 292 cm³/mol. The Labute approximate surface area is 450 Å². The number of benzene rings is 8. The van der Waals surface area contributed by atoms with Crippen molar-refractivity contribution in [1.29, 1.82) is 0 Å². The van der Waals surface area contributed by atoms with Crippen LogP contribution in [0.5, 0.6) is 51.7 Å². The zero-order valence-electron chi connectivity index (χ0n) is 43.5. The van der Waals surface area contributed by atoms with Crippen LogP contribution in [0.2, 0.25) is 0 Å². The normalized spacial score (nSPS) is 10.5. The largest absolute Gasteiger partial charge is 0.496 e. The van der Waals surface area contributed by atoms with E-state index in [9.17, 15) is 24.3 Å². The minimum absolute atomic E-state index is 0.159. The molecular weight excluding hydrogens is 997 g/mol. The van der Waals surface area contributed by atoms with Crippen molar-refractivity contribution in [3.63, 3.8) is 0 Å². The molecule has 1 N–H and O–H groups in total. The van der Waals surface area contributed by atoms with Crippen LogP contribution in [0.3, 0.4) is 0 Å². The van der Waals surface area contributed by atoms with Gasteiger partial charge in [-0.3, -0.25) is 19.4 Å². The van der Waals surface area contributed by atoms with Crippen molar-refractivity contribution in [2.75, 3.05) is 59.6 Å². The number of hydrogen-bond donors (Lipinski definition) is 1. The van der Waals surface area contributed by atoms with Gasteiger partial charge in [-0.1, -0.05) is 48.2 Å². The molecular formula is C62H52N2O14. The van der Waals surface area contributed by atoms with Crippen LogP contribution in [0.1, 0.15) is 58.1 Å². The average molecular weight is 1050 g/mol. The minimum Gasteiger partial charge on any atom is -0.496 e. The van der Waals surface area contributed by atoms with Crippen molar-refractivity contribution < 1.29 is 66.9 Å². The molecule has 0 aliphatic rings. The van der Waals surface area contributed by atoms with Crippen LogP contribution in [0.15, 0.2) is 170 Å². The van der Waals surface area contributed by atoms with Gasteiger partial charge in [-0.2, -0.15) is 0 Å². The first-order chi connectivity index (χ1) is 37.9. The molecule has 0 aliphatic heterocycles. The van der Waals surface area contributed by atoms with Crippen molar-refractivity contribution in [2.24, 2.45) is 0 Å². The Kier molecular flexibility index (Phi) is 17.2. The Morgan fingerprint density at radius 1 is 0.397 bits per heavy atom. The Bertz CT molecular complexity index is 3310. The maximum atomic E-state index is 14.5. The van der Waals surface area contributed by atoms with Crippen LogP contribution in [0, 0.1) is 11.8 Å². The van der Waals surface area contributed by atoms with Gasteiger partial charge in [-0.15, -0.1) is 0 Å². The molecule has 0 aliphatic carbocycles. The molecule has 2 amide bonds. The summed E-state index contributed by atoms with van der Waals surface area (Å²) in [4.78, 5) is 58.8. The number of hydrogen-bond acceptors (Lipinski definition) is 14. The molecule has 0 atom stereocenters. The van der Waals surface area contributed by atoms with Gasteiger partial charge in [-0.25, -0.2) is 9.59 Å². The summed E-state index contributed by atoms with van der Waals surface area (Å²) < 4.78 is 50.5. The van der Waals surface area contributed by atoms with E-state index in [0.717, 1.165) is 0 Å². The van der Waals surface area contributed by atoms with Gasteiger partial charge in [0.2, 0.25) is 0 Å². The molecule has 0 saturated heterocycles. The Balaban J connectivity index is 0.933. The van der Waals surface area contributed by atoms with Crippen LogP contribution < -0.4 is 52.4 Å². The molecule has 0 radical (unpaired) electrons.